The van der Waals surface area contributed by atoms with E-state index >= 15 is 0 Å². The fourth-order valence-corrected chi connectivity index (χ4v) is 4.80. The Bertz CT molecular complexity index is 380. The largest absolute Gasteiger partial charge is 0.316 e. The van der Waals surface area contributed by atoms with E-state index in [1.165, 1.54) is 54.4 Å². The van der Waals surface area contributed by atoms with Crippen molar-refractivity contribution in [1.82, 2.24) is 5.32 Å². The molecule has 0 radical (unpaired) electrons. The zero-order chi connectivity index (χ0) is 13.7. The molecule has 1 aromatic rings. The van der Waals surface area contributed by atoms with E-state index < -0.39 is 0 Å². The Morgan fingerprint density at radius 3 is 2.63 bits per heavy atom. The molecule has 1 aliphatic rings. The molecule has 19 heavy (non-hydrogen) atoms. The van der Waals surface area contributed by atoms with Crippen LogP contribution in [-0.4, -0.2) is 13.1 Å². The van der Waals surface area contributed by atoms with E-state index in [-0.39, 0.29) is 0 Å². The topological polar surface area (TPSA) is 12.0 Å². The SMILES string of the molecule is CC(C)CNCC1(Cc2sccc2Br)CCCCC1. The molecule has 1 heterocycles. The van der Waals surface area contributed by atoms with E-state index in [4.69, 9.17) is 0 Å². The first-order chi connectivity index (χ1) is 9.11. The number of rotatable bonds is 6. The molecular weight excluding hydrogens is 318 g/mol. The zero-order valence-electron chi connectivity index (χ0n) is 12.2. The van der Waals surface area contributed by atoms with Gasteiger partial charge in [-0.25, -0.2) is 0 Å². The third kappa shape index (κ3) is 4.57. The van der Waals surface area contributed by atoms with Gasteiger partial charge in [0, 0.05) is 15.9 Å². The Morgan fingerprint density at radius 2 is 2.05 bits per heavy atom. The Labute approximate surface area is 130 Å². The van der Waals surface area contributed by atoms with Gasteiger partial charge < -0.3 is 5.32 Å². The van der Waals surface area contributed by atoms with E-state index in [0.29, 0.717) is 5.41 Å². The molecule has 0 unspecified atom stereocenters. The molecule has 0 amide bonds. The van der Waals surface area contributed by atoms with Crippen molar-refractivity contribution < 1.29 is 0 Å². The molecule has 0 atom stereocenters. The third-order valence-electron chi connectivity index (χ3n) is 4.19. The minimum absolute atomic E-state index is 0.501. The maximum atomic E-state index is 3.72. The van der Waals surface area contributed by atoms with Gasteiger partial charge in [-0.05, 0) is 64.5 Å². The van der Waals surface area contributed by atoms with Crippen molar-refractivity contribution >= 4 is 27.3 Å². The van der Waals surface area contributed by atoms with Gasteiger partial charge in [0.1, 0.15) is 0 Å². The van der Waals surface area contributed by atoms with Gasteiger partial charge in [0.05, 0.1) is 0 Å². The lowest BCUT2D eigenvalue weighted by atomic mass is 9.71. The second-order valence-electron chi connectivity index (χ2n) is 6.45. The summed E-state index contributed by atoms with van der Waals surface area (Å²) < 4.78 is 1.31. The standard InChI is InChI=1S/C16H26BrNS/c1-13(2)11-18-12-16(7-4-3-5-8-16)10-15-14(17)6-9-19-15/h6,9,13,18H,3-5,7-8,10-12H2,1-2H3. The van der Waals surface area contributed by atoms with Gasteiger partial charge in [0.25, 0.3) is 0 Å². The van der Waals surface area contributed by atoms with Crippen LogP contribution in [0.2, 0.25) is 0 Å². The maximum Gasteiger partial charge on any atom is 0.0314 e. The fraction of sp³-hybridized carbons (Fsp3) is 0.750. The molecular formula is C16H26BrNS. The molecule has 1 fully saturated rings. The first kappa shape index (κ1) is 15.5. The highest BCUT2D eigenvalue weighted by Crippen LogP contribution is 2.41. The van der Waals surface area contributed by atoms with Gasteiger partial charge >= 0.3 is 0 Å². The molecule has 108 valence electrons. The molecule has 1 saturated carbocycles. The fourth-order valence-electron chi connectivity index (χ4n) is 3.14. The van der Waals surface area contributed by atoms with Crippen molar-refractivity contribution in [3.63, 3.8) is 0 Å². The van der Waals surface area contributed by atoms with Crippen molar-refractivity contribution in [2.75, 3.05) is 13.1 Å². The minimum Gasteiger partial charge on any atom is -0.316 e. The smallest absolute Gasteiger partial charge is 0.0314 e. The van der Waals surface area contributed by atoms with Gasteiger partial charge in [-0.3, -0.25) is 0 Å². The summed E-state index contributed by atoms with van der Waals surface area (Å²) in [6.45, 7) is 6.91. The average Bonchev–Trinajstić information content (AvgIpc) is 2.75. The molecule has 1 N–H and O–H groups in total. The van der Waals surface area contributed by atoms with Gasteiger partial charge in [-0.1, -0.05) is 33.1 Å². The van der Waals surface area contributed by atoms with E-state index in [1.54, 1.807) is 0 Å². The third-order valence-corrected chi connectivity index (χ3v) is 6.12. The van der Waals surface area contributed by atoms with Crippen molar-refractivity contribution in [1.29, 1.82) is 0 Å². The van der Waals surface area contributed by atoms with Crippen LogP contribution in [0.25, 0.3) is 0 Å². The molecule has 0 bridgehead atoms. The first-order valence-electron chi connectivity index (χ1n) is 7.54. The highest BCUT2D eigenvalue weighted by Gasteiger charge is 2.32. The Hall–Kier alpha value is 0.140. The summed E-state index contributed by atoms with van der Waals surface area (Å²) in [7, 11) is 0. The Morgan fingerprint density at radius 1 is 1.32 bits per heavy atom. The second kappa shape index (κ2) is 7.24. The first-order valence-corrected chi connectivity index (χ1v) is 9.21. The van der Waals surface area contributed by atoms with E-state index in [1.807, 2.05) is 11.3 Å². The van der Waals surface area contributed by atoms with Crippen molar-refractivity contribution in [3.8, 4) is 0 Å². The summed E-state index contributed by atoms with van der Waals surface area (Å²) >= 11 is 5.61. The van der Waals surface area contributed by atoms with E-state index in [2.05, 4.69) is 46.5 Å². The average molecular weight is 344 g/mol. The zero-order valence-corrected chi connectivity index (χ0v) is 14.6. The maximum absolute atomic E-state index is 3.72. The summed E-state index contributed by atoms with van der Waals surface area (Å²) in [4.78, 5) is 1.54. The Balaban J connectivity index is 1.99. The lowest BCUT2D eigenvalue weighted by Crippen LogP contribution is -2.39. The van der Waals surface area contributed by atoms with Crippen molar-refractivity contribution in [2.24, 2.45) is 11.3 Å². The lowest BCUT2D eigenvalue weighted by molar-refractivity contribution is 0.180. The van der Waals surface area contributed by atoms with Crippen molar-refractivity contribution in [3.05, 3.63) is 20.8 Å². The number of hydrogen-bond donors (Lipinski definition) is 1. The van der Waals surface area contributed by atoms with Crippen LogP contribution >= 0.6 is 27.3 Å². The van der Waals surface area contributed by atoms with E-state index in [0.717, 1.165) is 12.5 Å². The minimum atomic E-state index is 0.501. The summed E-state index contributed by atoms with van der Waals surface area (Å²) in [5.74, 6) is 0.745. The van der Waals surface area contributed by atoms with Gasteiger partial charge in [-0.2, -0.15) is 0 Å². The highest BCUT2D eigenvalue weighted by atomic mass is 79.9. The summed E-state index contributed by atoms with van der Waals surface area (Å²) in [6.07, 6.45) is 8.28. The van der Waals surface area contributed by atoms with Crippen LogP contribution in [0.3, 0.4) is 0 Å². The molecule has 2 rings (SSSR count). The number of thiophene rings is 1. The van der Waals surface area contributed by atoms with Crippen LogP contribution in [0, 0.1) is 11.3 Å². The quantitative estimate of drug-likeness (QED) is 0.743. The van der Waals surface area contributed by atoms with E-state index in [9.17, 15) is 0 Å². The monoisotopic (exact) mass is 343 g/mol. The van der Waals surface area contributed by atoms with Crippen LogP contribution < -0.4 is 5.32 Å². The van der Waals surface area contributed by atoms with Crippen LogP contribution in [-0.2, 0) is 6.42 Å². The summed E-state index contributed by atoms with van der Waals surface area (Å²) in [5.41, 5.74) is 0.501. The predicted octanol–water partition coefficient (Wildman–Crippen LogP) is 5.25. The second-order valence-corrected chi connectivity index (χ2v) is 8.31. The van der Waals surface area contributed by atoms with Gasteiger partial charge in [0.2, 0.25) is 0 Å². The number of nitrogens with one attached hydrogen (secondary N) is 1. The van der Waals surface area contributed by atoms with Crippen LogP contribution in [0.5, 0.6) is 0 Å². The predicted molar refractivity (Wildman–Crippen MR) is 88.9 cm³/mol. The molecule has 0 aliphatic heterocycles. The van der Waals surface area contributed by atoms with Crippen LogP contribution in [0.15, 0.2) is 15.9 Å². The molecule has 1 aliphatic carbocycles. The van der Waals surface area contributed by atoms with Gasteiger partial charge in [0.15, 0.2) is 0 Å². The van der Waals surface area contributed by atoms with Crippen LogP contribution in [0.1, 0.15) is 50.8 Å². The highest BCUT2D eigenvalue weighted by molar-refractivity contribution is 9.10. The molecule has 0 aromatic carbocycles. The molecule has 3 heteroatoms. The summed E-state index contributed by atoms with van der Waals surface area (Å²) in [5, 5.41) is 5.92. The van der Waals surface area contributed by atoms with Gasteiger partial charge in [-0.15, -0.1) is 11.3 Å². The van der Waals surface area contributed by atoms with Crippen molar-refractivity contribution in [2.45, 2.75) is 52.4 Å². The van der Waals surface area contributed by atoms with Crippen LogP contribution in [0.4, 0.5) is 0 Å². The summed E-state index contributed by atoms with van der Waals surface area (Å²) in [6, 6.07) is 2.19. The molecule has 0 spiro atoms. The molecule has 1 nitrogen and oxygen atoms in total. The Kier molecular flexibility index (Phi) is 5.91. The molecule has 0 saturated heterocycles. The number of hydrogen-bond acceptors (Lipinski definition) is 2. The molecule has 1 aromatic heterocycles. The normalized spacial score (nSPS) is 18.9. The lowest BCUT2D eigenvalue weighted by Gasteiger charge is -2.38. The number of halogens is 1.